The monoisotopic (exact) mass is 398 g/mol. The molecule has 0 atom stereocenters. The first-order chi connectivity index (χ1) is 9.16. The Balaban J connectivity index is 2.22. The summed E-state index contributed by atoms with van der Waals surface area (Å²) < 4.78 is 7.17. The Hall–Kier alpha value is -1.11. The summed E-state index contributed by atoms with van der Waals surface area (Å²) >= 11 is 8.58. The van der Waals surface area contributed by atoms with Crippen molar-refractivity contribution in [2.24, 2.45) is 0 Å². The normalized spacial score (nSPS) is 10.8. The molecule has 1 aromatic carbocycles. The zero-order valence-electron chi connectivity index (χ0n) is 9.56. The summed E-state index contributed by atoms with van der Waals surface area (Å²) in [6.07, 6.45) is 0. The van der Waals surface area contributed by atoms with E-state index in [1.807, 2.05) is 36.4 Å². The Morgan fingerprint density at radius 2 is 1.89 bits per heavy atom. The largest absolute Gasteiger partial charge is 0.367 e. The van der Waals surface area contributed by atoms with Gasteiger partial charge in [0.25, 0.3) is 0 Å². The molecule has 3 rings (SSSR count). The number of nitrogens with two attached hydrogens (primary N) is 1. The molecule has 0 saturated carbocycles. The zero-order chi connectivity index (χ0) is 13.4. The van der Waals surface area contributed by atoms with E-state index < -0.39 is 0 Å². The number of halogens is 2. The number of rotatable bonds is 2. The number of nitrogens with zero attached hydrogens (tertiary/aromatic N) is 1. The van der Waals surface area contributed by atoms with E-state index in [0.29, 0.717) is 5.88 Å². The maximum absolute atomic E-state index is 5.93. The molecule has 0 aliphatic rings. The van der Waals surface area contributed by atoms with Crippen LogP contribution in [0.25, 0.3) is 21.7 Å². The quantitative estimate of drug-likeness (QED) is 0.645. The highest BCUT2D eigenvalue weighted by atomic mass is 79.9. The minimum absolute atomic E-state index is 0.325. The highest BCUT2D eigenvalue weighted by Gasteiger charge is 2.20. The molecule has 2 heterocycles. The van der Waals surface area contributed by atoms with Gasteiger partial charge in [0.15, 0.2) is 0 Å². The molecule has 2 N–H and O–H groups in total. The molecule has 96 valence electrons. The highest BCUT2D eigenvalue weighted by molar-refractivity contribution is 9.11. The van der Waals surface area contributed by atoms with Gasteiger partial charge in [-0.2, -0.15) is 0 Å². The van der Waals surface area contributed by atoms with Crippen LogP contribution in [0.4, 0.5) is 5.88 Å². The number of thiophene rings is 1. The molecule has 2 aromatic heterocycles. The number of aromatic nitrogens is 1. The zero-order valence-corrected chi connectivity index (χ0v) is 13.5. The van der Waals surface area contributed by atoms with Gasteiger partial charge in [-0.15, -0.1) is 11.3 Å². The van der Waals surface area contributed by atoms with Crippen LogP contribution in [0.1, 0.15) is 0 Å². The van der Waals surface area contributed by atoms with E-state index in [9.17, 15) is 0 Å². The van der Waals surface area contributed by atoms with Gasteiger partial charge in [0.2, 0.25) is 5.88 Å². The third-order valence-corrected chi connectivity index (χ3v) is 4.99. The second-order valence-corrected chi connectivity index (χ2v) is 7.17. The minimum Gasteiger partial charge on any atom is -0.367 e. The predicted octanol–water partition coefficient (Wildman–Crippen LogP) is 5.18. The van der Waals surface area contributed by atoms with Crippen molar-refractivity contribution in [2.75, 3.05) is 5.73 Å². The van der Waals surface area contributed by atoms with E-state index >= 15 is 0 Å². The second-order valence-electron chi connectivity index (χ2n) is 3.85. The van der Waals surface area contributed by atoms with Crippen LogP contribution in [0, 0.1) is 0 Å². The molecule has 3 aromatic rings. The molecule has 0 aliphatic carbocycles. The van der Waals surface area contributed by atoms with Crippen LogP contribution in [0.15, 0.2) is 49.2 Å². The molecule has 0 aliphatic heterocycles. The van der Waals surface area contributed by atoms with E-state index in [-0.39, 0.29) is 0 Å². The molecule has 0 bridgehead atoms. The summed E-state index contributed by atoms with van der Waals surface area (Å²) in [4.78, 5) is 1.01. The lowest BCUT2D eigenvalue weighted by Crippen LogP contribution is -1.87. The van der Waals surface area contributed by atoms with Crippen LogP contribution >= 0.6 is 43.2 Å². The lowest BCUT2D eigenvalue weighted by Gasteiger charge is -2.03. The number of benzene rings is 1. The van der Waals surface area contributed by atoms with Crippen molar-refractivity contribution in [3.63, 3.8) is 0 Å². The fraction of sp³-hybridized carbons (Fsp3) is 0. The maximum atomic E-state index is 5.93. The van der Waals surface area contributed by atoms with Crippen LogP contribution in [-0.4, -0.2) is 5.16 Å². The van der Waals surface area contributed by atoms with Crippen LogP contribution < -0.4 is 5.73 Å². The average molecular weight is 400 g/mol. The number of nitrogen functional groups attached to an aromatic ring is 1. The van der Waals surface area contributed by atoms with Crippen molar-refractivity contribution < 1.29 is 4.52 Å². The van der Waals surface area contributed by atoms with Crippen LogP contribution in [0.5, 0.6) is 0 Å². The third kappa shape index (κ3) is 2.35. The van der Waals surface area contributed by atoms with Gasteiger partial charge in [0.05, 0.1) is 14.2 Å². The molecule has 0 fully saturated rings. The van der Waals surface area contributed by atoms with E-state index in [2.05, 4.69) is 37.0 Å². The fourth-order valence-corrected chi connectivity index (χ4v) is 3.69. The van der Waals surface area contributed by atoms with Crippen molar-refractivity contribution in [1.29, 1.82) is 0 Å². The van der Waals surface area contributed by atoms with Gasteiger partial charge in [-0.3, -0.25) is 0 Å². The Bertz CT molecular complexity index is 736. The second kappa shape index (κ2) is 5.11. The number of hydrogen-bond donors (Lipinski definition) is 1. The smallest absolute Gasteiger partial charge is 0.230 e. The first-order valence-electron chi connectivity index (χ1n) is 5.42. The van der Waals surface area contributed by atoms with E-state index in [1.54, 1.807) is 11.3 Å². The first-order valence-corrected chi connectivity index (χ1v) is 7.83. The summed E-state index contributed by atoms with van der Waals surface area (Å²) in [6, 6.07) is 11.8. The van der Waals surface area contributed by atoms with Gasteiger partial charge in [0.1, 0.15) is 5.69 Å². The van der Waals surface area contributed by atoms with E-state index in [4.69, 9.17) is 10.3 Å². The molecule has 0 spiro atoms. The lowest BCUT2D eigenvalue weighted by molar-refractivity contribution is 0.439. The van der Waals surface area contributed by atoms with Gasteiger partial charge in [0, 0.05) is 10.0 Å². The minimum atomic E-state index is 0.325. The highest BCUT2D eigenvalue weighted by Crippen LogP contribution is 2.42. The Morgan fingerprint density at radius 3 is 2.58 bits per heavy atom. The van der Waals surface area contributed by atoms with Crippen molar-refractivity contribution >= 4 is 49.1 Å². The van der Waals surface area contributed by atoms with Gasteiger partial charge in [-0.25, -0.2) is 0 Å². The molecule has 0 radical (unpaired) electrons. The topological polar surface area (TPSA) is 52.0 Å². The summed E-state index contributed by atoms with van der Waals surface area (Å²) in [5, 5.41) is 4.09. The molecule has 0 unspecified atom stereocenters. The first kappa shape index (κ1) is 12.9. The molecule has 19 heavy (non-hydrogen) atoms. The Labute approximate surface area is 130 Å². The van der Waals surface area contributed by atoms with Gasteiger partial charge in [-0.05, 0) is 34.1 Å². The molecule has 3 nitrogen and oxygen atoms in total. The van der Waals surface area contributed by atoms with E-state index in [1.165, 1.54) is 0 Å². The SMILES string of the molecule is Nc1onc(-c2ccc(Br)s2)c1-c1ccccc1Br. The summed E-state index contributed by atoms with van der Waals surface area (Å²) in [5.74, 6) is 0.325. The maximum Gasteiger partial charge on any atom is 0.230 e. The van der Waals surface area contributed by atoms with Crippen molar-refractivity contribution in [3.05, 3.63) is 44.7 Å². The van der Waals surface area contributed by atoms with Gasteiger partial charge in [-0.1, -0.05) is 39.3 Å². The molecule has 0 amide bonds. The molecular weight excluding hydrogens is 392 g/mol. The van der Waals surface area contributed by atoms with E-state index in [0.717, 1.165) is 30.0 Å². The Morgan fingerprint density at radius 1 is 1.11 bits per heavy atom. The van der Waals surface area contributed by atoms with Crippen LogP contribution in [0.3, 0.4) is 0 Å². The fourth-order valence-electron chi connectivity index (χ4n) is 1.84. The third-order valence-electron chi connectivity index (χ3n) is 2.67. The van der Waals surface area contributed by atoms with Crippen LogP contribution in [0.2, 0.25) is 0 Å². The predicted molar refractivity (Wildman–Crippen MR) is 85.1 cm³/mol. The number of anilines is 1. The Kier molecular flexibility index (Phi) is 3.47. The average Bonchev–Trinajstić information content (AvgIpc) is 2.96. The molecular formula is C13H8Br2N2OS. The van der Waals surface area contributed by atoms with Gasteiger partial charge >= 0.3 is 0 Å². The summed E-state index contributed by atoms with van der Waals surface area (Å²) in [7, 11) is 0. The van der Waals surface area contributed by atoms with Gasteiger partial charge < -0.3 is 10.3 Å². The standard InChI is InChI=1S/C13H8Br2N2OS/c14-8-4-2-1-3-7(8)11-12(17-18-13(11)16)9-5-6-10(15)19-9/h1-6H,16H2. The summed E-state index contributed by atoms with van der Waals surface area (Å²) in [6.45, 7) is 0. The van der Waals surface area contributed by atoms with Crippen molar-refractivity contribution in [3.8, 4) is 21.7 Å². The number of hydrogen-bond acceptors (Lipinski definition) is 4. The van der Waals surface area contributed by atoms with Crippen molar-refractivity contribution in [1.82, 2.24) is 5.16 Å². The lowest BCUT2D eigenvalue weighted by atomic mass is 10.1. The van der Waals surface area contributed by atoms with Crippen molar-refractivity contribution in [2.45, 2.75) is 0 Å². The van der Waals surface area contributed by atoms with Crippen LogP contribution in [-0.2, 0) is 0 Å². The molecule has 6 heteroatoms. The summed E-state index contributed by atoms with van der Waals surface area (Å²) in [5.41, 5.74) is 8.49. The molecule has 0 saturated heterocycles.